The first-order chi connectivity index (χ1) is 9.35. The van der Waals surface area contributed by atoms with Crippen molar-refractivity contribution < 1.29 is 22.7 Å². The quantitative estimate of drug-likeness (QED) is 0.757. The highest BCUT2D eigenvalue weighted by Crippen LogP contribution is 2.32. The molecule has 0 unspecified atom stereocenters. The third-order valence-electron chi connectivity index (χ3n) is 3.06. The zero-order valence-corrected chi connectivity index (χ0v) is 11.7. The van der Waals surface area contributed by atoms with Crippen LogP contribution in [-0.2, 0) is 17.5 Å². The molecule has 8 heteroatoms. The zero-order chi connectivity index (χ0) is 15.3. The largest absolute Gasteiger partial charge is 0.461 e. The second-order valence-electron chi connectivity index (χ2n) is 4.37. The summed E-state index contributed by atoms with van der Waals surface area (Å²) in [6, 6.07) is 0. The van der Waals surface area contributed by atoms with Crippen molar-refractivity contribution in [2.45, 2.75) is 46.3 Å². The van der Waals surface area contributed by atoms with E-state index in [2.05, 4.69) is 15.0 Å². The van der Waals surface area contributed by atoms with Gasteiger partial charge in [-0.3, -0.25) is 0 Å². The highest BCUT2D eigenvalue weighted by Gasteiger charge is 2.42. The molecule has 1 rings (SSSR count). The second kappa shape index (κ2) is 6.71. The molecule has 0 aliphatic heterocycles. The summed E-state index contributed by atoms with van der Waals surface area (Å²) < 4.78 is 44.6. The number of carbonyl (C=O) groups excluding carboxylic acids is 1. The Labute approximate surface area is 115 Å². The fraction of sp³-hybridized carbons (Fsp3) is 0.750. The molecule has 0 saturated heterocycles. The maximum atomic E-state index is 13.1. The summed E-state index contributed by atoms with van der Waals surface area (Å²) in [7, 11) is 0. The average Bonchev–Trinajstić information content (AvgIpc) is 2.79. The Kier molecular flexibility index (Phi) is 5.52. The van der Waals surface area contributed by atoms with Gasteiger partial charge in [0.1, 0.15) is 0 Å². The van der Waals surface area contributed by atoms with Crippen molar-refractivity contribution in [3.63, 3.8) is 0 Å². The lowest BCUT2D eigenvalue weighted by Gasteiger charge is -2.15. The van der Waals surface area contributed by atoms with Crippen LogP contribution >= 0.6 is 0 Å². The second-order valence-corrected chi connectivity index (χ2v) is 4.37. The van der Waals surface area contributed by atoms with Gasteiger partial charge in [0.05, 0.1) is 6.61 Å². The summed E-state index contributed by atoms with van der Waals surface area (Å²) in [4.78, 5) is 11.5. The monoisotopic (exact) mass is 293 g/mol. The molecule has 20 heavy (non-hydrogen) atoms. The molecule has 1 aromatic rings. The lowest BCUT2D eigenvalue weighted by atomic mass is 10.0. The smallest absolute Gasteiger partial charge is 0.435 e. The van der Waals surface area contributed by atoms with Crippen molar-refractivity contribution in [2.75, 3.05) is 6.61 Å². The number of hydrogen-bond acceptors (Lipinski definition) is 4. The topological polar surface area (TPSA) is 57.0 Å². The van der Waals surface area contributed by atoms with Crippen LogP contribution in [0.3, 0.4) is 0 Å². The van der Waals surface area contributed by atoms with Crippen molar-refractivity contribution >= 4 is 5.97 Å². The van der Waals surface area contributed by atoms with Crippen LogP contribution in [0, 0.1) is 5.92 Å². The van der Waals surface area contributed by atoms with E-state index in [0.717, 1.165) is 17.5 Å². The van der Waals surface area contributed by atoms with Gasteiger partial charge in [-0.25, -0.2) is 9.48 Å². The molecular weight excluding hydrogens is 275 g/mol. The number of rotatable bonds is 6. The minimum atomic E-state index is -4.70. The summed E-state index contributed by atoms with van der Waals surface area (Å²) in [6.07, 6.45) is -3.25. The molecule has 0 saturated carbocycles. The molecule has 0 N–H and O–H groups in total. The van der Waals surface area contributed by atoms with Gasteiger partial charge in [0, 0.05) is 6.54 Å². The van der Waals surface area contributed by atoms with Gasteiger partial charge in [0.2, 0.25) is 5.69 Å². The molecule has 0 amide bonds. The van der Waals surface area contributed by atoms with Gasteiger partial charge in [-0.05, 0) is 12.8 Å². The molecule has 0 radical (unpaired) electrons. The zero-order valence-electron chi connectivity index (χ0n) is 11.7. The molecule has 0 spiro atoms. The van der Waals surface area contributed by atoms with E-state index in [-0.39, 0.29) is 19.1 Å². The van der Waals surface area contributed by atoms with Gasteiger partial charge in [-0.1, -0.05) is 31.9 Å². The van der Waals surface area contributed by atoms with Gasteiger partial charge in [0.25, 0.3) is 0 Å². The highest BCUT2D eigenvalue weighted by atomic mass is 19.4. The van der Waals surface area contributed by atoms with Crippen LogP contribution in [0.5, 0.6) is 0 Å². The molecule has 0 aliphatic carbocycles. The van der Waals surface area contributed by atoms with Crippen LogP contribution < -0.4 is 0 Å². The van der Waals surface area contributed by atoms with Gasteiger partial charge in [-0.15, -0.1) is 5.10 Å². The van der Waals surface area contributed by atoms with E-state index in [9.17, 15) is 18.0 Å². The van der Waals surface area contributed by atoms with Crippen molar-refractivity contribution in [3.8, 4) is 0 Å². The molecule has 5 nitrogen and oxygen atoms in total. The summed E-state index contributed by atoms with van der Waals surface area (Å²) in [5.74, 6) is -1.05. The van der Waals surface area contributed by atoms with Crippen molar-refractivity contribution in [2.24, 2.45) is 5.92 Å². The van der Waals surface area contributed by atoms with Crippen LogP contribution in [0.4, 0.5) is 13.2 Å². The molecule has 1 heterocycles. The Morgan fingerprint density at radius 1 is 1.30 bits per heavy atom. The maximum Gasteiger partial charge on any atom is 0.435 e. The van der Waals surface area contributed by atoms with Gasteiger partial charge in [0.15, 0.2) is 5.69 Å². The van der Waals surface area contributed by atoms with E-state index in [1.54, 1.807) is 0 Å². The summed E-state index contributed by atoms with van der Waals surface area (Å²) in [6.45, 7) is 5.36. The van der Waals surface area contributed by atoms with Crippen LogP contribution in [0.2, 0.25) is 0 Å². The Morgan fingerprint density at radius 3 is 2.35 bits per heavy atom. The number of aromatic nitrogens is 3. The normalized spacial score (nSPS) is 11.9. The third-order valence-corrected chi connectivity index (χ3v) is 3.06. The molecule has 114 valence electrons. The first kappa shape index (κ1) is 16.5. The van der Waals surface area contributed by atoms with E-state index >= 15 is 0 Å². The highest BCUT2D eigenvalue weighted by molar-refractivity contribution is 5.88. The van der Waals surface area contributed by atoms with E-state index in [1.807, 2.05) is 13.8 Å². The first-order valence-electron chi connectivity index (χ1n) is 6.52. The molecule has 0 bridgehead atoms. The minimum absolute atomic E-state index is 0.0183. The minimum Gasteiger partial charge on any atom is -0.461 e. The van der Waals surface area contributed by atoms with E-state index in [4.69, 9.17) is 0 Å². The SMILES string of the molecule is CCOC(=O)c1nnn(CC(CC)CC)c1C(F)(F)F. The molecule has 0 atom stereocenters. The number of nitrogens with zero attached hydrogens (tertiary/aromatic N) is 3. The lowest BCUT2D eigenvalue weighted by Crippen LogP contribution is -2.22. The fourth-order valence-corrected chi connectivity index (χ4v) is 1.85. The van der Waals surface area contributed by atoms with Crippen LogP contribution in [0.15, 0.2) is 0 Å². The predicted molar refractivity (Wildman–Crippen MR) is 65.1 cm³/mol. The van der Waals surface area contributed by atoms with Crippen molar-refractivity contribution in [1.82, 2.24) is 15.0 Å². The number of halogens is 3. The number of alkyl halides is 3. The lowest BCUT2D eigenvalue weighted by molar-refractivity contribution is -0.145. The van der Waals surface area contributed by atoms with Crippen LogP contribution in [0.25, 0.3) is 0 Å². The average molecular weight is 293 g/mol. The Balaban J connectivity index is 3.16. The fourth-order valence-electron chi connectivity index (χ4n) is 1.85. The summed E-state index contributed by atoms with van der Waals surface area (Å²) >= 11 is 0. The number of ether oxygens (including phenoxy) is 1. The number of carbonyl (C=O) groups is 1. The standard InChI is InChI=1S/C12H18F3N3O2/c1-4-8(5-2)7-18-10(12(13,14)15)9(16-17-18)11(19)20-6-3/h8H,4-7H2,1-3H3. The van der Waals surface area contributed by atoms with E-state index < -0.39 is 23.5 Å². The third kappa shape index (κ3) is 3.71. The number of hydrogen-bond donors (Lipinski definition) is 0. The first-order valence-corrected chi connectivity index (χ1v) is 6.52. The molecule has 1 aromatic heterocycles. The Bertz CT molecular complexity index is 453. The van der Waals surface area contributed by atoms with Gasteiger partial charge >= 0.3 is 12.1 Å². The Morgan fingerprint density at radius 2 is 1.90 bits per heavy atom. The van der Waals surface area contributed by atoms with E-state index in [0.29, 0.717) is 0 Å². The van der Waals surface area contributed by atoms with E-state index in [1.165, 1.54) is 6.92 Å². The van der Waals surface area contributed by atoms with Crippen LogP contribution in [-0.4, -0.2) is 27.6 Å². The molecule has 0 aliphatic rings. The Hall–Kier alpha value is -1.60. The summed E-state index contributed by atoms with van der Waals surface area (Å²) in [5, 5.41) is 6.81. The van der Waals surface area contributed by atoms with Crippen LogP contribution in [0.1, 0.15) is 49.8 Å². The predicted octanol–water partition coefficient (Wildman–Crippen LogP) is 2.91. The summed E-state index contributed by atoms with van der Waals surface area (Å²) in [5.41, 5.74) is -1.91. The van der Waals surface area contributed by atoms with Crippen molar-refractivity contribution in [1.29, 1.82) is 0 Å². The number of esters is 1. The maximum absolute atomic E-state index is 13.1. The van der Waals surface area contributed by atoms with Gasteiger partial charge < -0.3 is 4.74 Å². The molecule has 0 aromatic carbocycles. The molecule has 0 fully saturated rings. The molecular formula is C12H18F3N3O2. The van der Waals surface area contributed by atoms with Crippen molar-refractivity contribution in [3.05, 3.63) is 11.4 Å². The van der Waals surface area contributed by atoms with Gasteiger partial charge in [-0.2, -0.15) is 13.2 Å².